The Labute approximate surface area is 96.9 Å². The predicted octanol–water partition coefficient (Wildman–Crippen LogP) is 1.67. The van der Waals surface area contributed by atoms with E-state index in [1.54, 1.807) is 13.1 Å². The lowest BCUT2D eigenvalue weighted by Crippen LogP contribution is -2.30. The average Bonchev–Trinajstić information content (AvgIpc) is 2.19. The van der Waals surface area contributed by atoms with E-state index in [1.165, 1.54) is 22.9 Å². The van der Waals surface area contributed by atoms with Gasteiger partial charge in [-0.15, -0.1) is 0 Å². The van der Waals surface area contributed by atoms with E-state index >= 15 is 0 Å². The highest BCUT2D eigenvalue weighted by Gasteiger charge is 2.46. The summed E-state index contributed by atoms with van der Waals surface area (Å²) in [4.78, 5) is 0. The molecule has 1 aromatic rings. The van der Waals surface area contributed by atoms with Crippen LogP contribution in [0.25, 0.3) is 0 Å². The van der Waals surface area contributed by atoms with Crippen LogP contribution in [0.5, 0.6) is 0 Å². The van der Waals surface area contributed by atoms with Gasteiger partial charge in [0, 0.05) is 6.54 Å². The Hall–Kier alpha value is -1.28. The summed E-state index contributed by atoms with van der Waals surface area (Å²) in [7, 11) is -3.76. The maximum Gasteiger partial charge on any atom is 0.516 e. The van der Waals surface area contributed by atoms with Crippen molar-refractivity contribution in [2.75, 3.05) is 11.8 Å². The van der Waals surface area contributed by atoms with Gasteiger partial charge in [0.05, 0.1) is 5.69 Å². The molecule has 0 aliphatic heterocycles. The van der Waals surface area contributed by atoms with Crippen molar-refractivity contribution in [3.8, 4) is 0 Å². The summed E-state index contributed by atoms with van der Waals surface area (Å²) >= 11 is 0. The van der Waals surface area contributed by atoms with Crippen LogP contribution >= 0.6 is 0 Å². The largest absolute Gasteiger partial charge is 0.516 e. The minimum absolute atomic E-state index is 0.0841. The van der Waals surface area contributed by atoms with Gasteiger partial charge >= 0.3 is 15.5 Å². The molecule has 1 rings (SSSR count). The molecule has 17 heavy (non-hydrogen) atoms. The van der Waals surface area contributed by atoms with E-state index in [0.29, 0.717) is 5.56 Å². The van der Waals surface area contributed by atoms with Gasteiger partial charge in [-0.2, -0.15) is 21.6 Å². The Morgan fingerprint density at radius 2 is 1.82 bits per heavy atom. The Balaban J connectivity index is 3.04. The number of rotatable bonds is 4. The summed E-state index contributed by atoms with van der Waals surface area (Å²) < 4.78 is 59.9. The predicted molar refractivity (Wildman–Crippen MR) is 57.8 cm³/mol. The number of hydrogen-bond acceptors (Lipinski definition) is 3. The van der Waals surface area contributed by atoms with Crippen molar-refractivity contribution in [2.45, 2.75) is 12.1 Å². The molecule has 0 aliphatic rings. The van der Waals surface area contributed by atoms with Gasteiger partial charge in [0.25, 0.3) is 0 Å². The normalized spacial score (nSPS) is 12.5. The van der Waals surface area contributed by atoms with Gasteiger partial charge in [0.15, 0.2) is 0 Å². The molecule has 0 aliphatic carbocycles. The highest BCUT2D eigenvalue weighted by Crippen LogP contribution is 2.26. The Morgan fingerprint density at radius 3 is 2.35 bits per heavy atom. The molecular formula is C9H11F3N2O2S. The molecule has 0 unspecified atom stereocenters. The summed E-state index contributed by atoms with van der Waals surface area (Å²) in [6.45, 7) is 0.260. The molecular weight excluding hydrogens is 257 g/mol. The number of anilines is 1. The van der Waals surface area contributed by atoms with Crippen LogP contribution < -0.4 is 10.0 Å². The summed E-state index contributed by atoms with van der Waals surface area (Å²) in [5.41, 5.74) is -4.97. The van der Waals surface area contributed by atoms with Gasteiger partial charge in [0.1, 0.15) is 0 Å². The molecule has 0 spiro atoms. The highest BCUT2D eigenvalue weighted by atomic mass is 32.2. The van der Waals surface area contributed by atoms with Crippen molar-refractivity contribution < 1.29 is 21.6 Å². The number of nitrogens with one attached hydrogen (secondary N) is 2. The molecule has 0 radical (unpaired) electrons. The smallest absolute Gasteiger partial charge is 0.316 e. The summed E-state index contributed by atoms with van der Waals surface area (Å²) in [6.07, 6.45) is 0. The molecule has 0 fully saturated rings. The maximum absolute atomic E-state index is 12.2. The maximum atomic E-state index is 12.2. The standard InChI is InChI=1S/C9H11F3N2O2S/c1-13-6-7-4-2-3-5-8(7)14-17(15,16)9(10,11)12/h2-5,13-14H,6H2,1H3. The zero-order valence-electron chi connectivity index (χ0n) is 8.88. The molecule has 1 aromatic carbocycles. The lowest BCUT2D eigenvalue weighted by molar-refractivity contribution is -0.0429. The van der Waals surface area contributed by atoms with Crippen LogP contribution in [-0.2, 0) is 16.6 Å². The van der Waals surface area contributed by atoms with Gasteiger partial charge in [0.2, 0.25) is 0 Å². The fourth-order valence-electron chi connectivity index (χ4n) is 1.17. The van der Waals surface area contributed by atoms with Crippen molar-refractivity contribution in [3.63, 3.8) is 0 Å². The monoisotopic (exact) mass is 268 g/mol. The Kier molecular flexibility index (Phi) is 3.99. The molecule has 0 bridgehead atoms. The SMILES string of the molecule is CNCc1ccccc1NS(=O)(=O)C(F)(F)F. The van der Waals surface area contributed by atoms with Crippen molar-refractivity contribution in [1.82, 2.24) is 5.32 Å². The van der Waals surface area contributed by atoms with Crippen LogP contribution in [0.4, 0.5) is 18.9 Å². The number of sulfonamides is 1. The van der Waals surface area contributed by atoms with E-state index < -0.39 is 15.5 Å². The first kappa shape index (κ1) is 13.8. The van der Waals surface area contributed by atoms with Gasteiger partial charge < -0.3 is 5.32 Å². The molecule has 2 N–H and O–H groups in total. The molecule has 0 saturated carbocycles. The Morgan fingerprint density at radius 1 is 1.24 bits per heavy atom. The van der Waals surface area contributed by atoms with Crippen LogP contribution in [0.15, 0.2) is 24.3 Å². The lowest BCUT2D eigenvalue weighted by Gasteiger charge is -2.13. The second-order valence-electron chi connectivity index (χ2n) is 3.24. The molecule has 4 nitrogen and oxygen atoms in total. The van der Waals surface area contributed by atoms with Gasteiger partial charge in [-0.3, -0.25) is 4.72 Å². The summed E-state index contributed by atoms with van der Waals surface area (Å²) in [5.74, 6) is 0. The van der Waals surface area contributed by atoms with E-state index in [0.717, 1.165) is 0 Å². The number of halogens is 3. The number of para-hydroxylation sites is 1. The first-order chi connectivity index (χ1) is 7.78. The lowest BCUT2D eigenvalue weighted by atomic mass is 10.2. The third kappa shape index (κ3) is 3.34. The van der Waals surface area contributed by atoms with Crippen molar-refractivity contribution in [1.29, 1.82) is 0 Å². The third-order valence-corrected chi connectivity index (χ3v) is 3.03. The molecule has 0 saturated heterocycles. The second-order valence-corrected chi connectivity index (χ2v) is 4.91. The van der Waals surface area contributed by atoms with Gasteiger partial charge in [-0.25, -0.2) is 0 Å². The highest BCUT2D eigenvalue weighted by molar-refractivity contribution is 7.93. The van der Waals surface area contributed by atoms with Crippen molar-refractivity contribution in [3.05, 3.63) is 29.8 Å². The van der Waals surface area contributed by atoms with E-state index in [4.69, 9.17) is 0 Å². The molecule has 0 aromatic heterocycles. The van der Waals surface area contributed by atoms with E-state index in [1.807, 2.05) is 0 Å². The van der Waals surface area contributed by atoms with Crippen LogP contribution in [0.1, 0.15) is 5.56 Å². The van der Waals surface area contributed by atoms with Crippen LogP contribution in [0.3, 0.4) is 0 Å². The van der Waals surface area contributed by atoms with Crippen LogP contribution in [-0.4, -0.2) is 21.0 Å². The number of alkyl halides is 3. The van der Waals surface area contributed by atoms with Crippen LogP contribution in [0.2, 0.25) is 0 Å². The minimum atomic E-state index is -5.37. The van der Waals surface area contributed by atoms with Gasteiger partial charge in [-0.05, 0) is 18.7 Å². The topological polar surface area (TPSA) is 58.2 Å². The van der Waals surface area contributed by atoms with Crippen LogP contribution in [0, 0.1) is 0 Å². The quantitative estimate of drug-likeness (QED) is 0.873. The number of benzene rings is 1. The first-order valence-corrected chi connectivity index (χ1v) is 6.08. The fourth-order valence-corrected chi connectivity index (χ4v) is 1.77. The van der Waals surface area contributed by atoms with Crippen molar-refractivity contribution in [2.24, 2.45) is 0 Å². The molecule has 0 amide bonds. The molecule has 0 heterocycles. The zero-order valence-corrected chi connectivity index (χ0v) is 9.69. The Bertz CT molecular complexity index is 485. The third-order valence-electron chi connectivity index (χ3n) is 1.93. The van der Waals surface area contributed by atoms with E-state index in [2.05, 4.69) is 5.32 Å². The van der Waals surface area contributed by atoms with Crippen molar-refractivity contribution >= 4 is 15.7 Å². The first-order valence-electron chi connectivity index (χ1n) is 4.59. The molecule has 0 atom stereocenters. The summed E-state index contributed by atoms with van der Waals surface area (Å²) in [5, 5.41) is 2.73. The number of hydrogen-bond donors (Lipinski definition) is 2. The molecule has 96 valence electrons. The van der Waals surface area contributed by atoms with E-state index in [-0.39, 0.29) is 12.2 Å². The fraction of sp³-hybridized carbons (Fsp3) is 0.333. The van der Waals surface area contributed by atoms with E-state index in [9.17, 15) is 21.6 Å². The zero-order chi connectivity index (χ0) is 13.1. The molecule has 8 heteroatoms. The minimum Gasteiger partial charge on any atom is -0.316 e. The van der Waals surface area contributed by atoms with Gasteiger partial charge in [-0.1, -0.05) is 18.2 Å². The second kappa shape index (κ2) is 4.92. The average molecular weight is 268 g/mol. The summed E-state index contributed by atoms with van der Waals surface area (Å²) in [6, 6.07) is 5.87.